The van der Waals surface area contributed by atoms with Gasteiger partial charge in [-0.2, -0.15) is 0 Å². The van der Waals surface area contributed by atoms with Gasteiger partial charge in [0.05, 0.1) is 5.71 Å². The quantitative estimate of drug-likeness (QED) is 0.178. The first-order valence-corrected chi connectivity index (χ1v) is 18.3. The number of allylic oxidation sites excluding steroid dienone is 1. The zero-order chi connectivity index (χ0) is 36.6. The molecule has 55 heavy (non-hydrogen) atoms. The number of furan rings is 1. The largest absolute Gasteiger partial charge is 0.456 e. The lowest BCUT2D eigenvalue weighted by atomic mass is 9.98. The van der Waals surface area contributed by atoms with Crippen LogP contribution in [0.15, 0.2) is 197 Å². The maximum atomic E-state index is 6.31. The molecular weight excluding hydrogens is 675 g/mol. The molecule has 0 radical (unpaired) electrons. The molecule has 0 saturated heterocycles. The summed E-state index contributed by atoms with van der Waals surface area (Å²) in [5, 5.41) is 5.96. The molecule has 260 valence electrons. The molecule has 6 nitrogen and oxygen atoms in total. The summed E-state index contributed by atoms with van der Waals surface area (Å²) in [5.41, 5.74) is 11.6. The van der Waals surface area contributed by atoms with Crippen LogP contribution in [-0.4, -0.2) is 20.7 Å². The number of aromatic nitrogens is 3. The molecule has 0 aliphatic carbocycles. The lowest BCUT2D eigenvalue weighted by Crippen LogP contribution is -2.25. The molecule has 1 aliphatic heterocycles. The highest BCUT2D eigenvalue weighted by Gasteiger charge is 2.22. The standard InChI is InChI=1S/C49H33N5O/c1-4-14-32(15-5-1)35-20-12-22-38(28-35)48-50-42(31-43(51-48)37-26-27-41-40-24-10-11-25-44(40)55-45(41)30-37)36-21-13-23-39(29-36)49-53-46(33-16-6-2-7-17-33)52-47(54-49)34-18-8-3-9-19-34/h1-31,48,50H. The van der Waals surface area contributed by atoms with E-state index in [9.17, 15) is 0 Å². The maximum absolute atomic E-state index is 6.31. The summed E-state index contributed by atoms with van der Waals surface area (Å²) in [6.45, 7) is 0. The van der Waals surface area contributed by atoms with Crippen molar-refractivity contribution < 1.29 is 4.42 Å². The summed E-state index contributed by atoms with van der Waals surface area (Å²) in [7, 11) is 0. The minimum absolute atomic E-state index is 0.347. The molecule has 9 aromatic rings. The zero-order valence-electron chi connectivity index (χ0n) is 29.7. The van der Waals surface area contributed by atoms with Crippen molar-refractivity contribution in [3.05, 3.63) is 205 Å². The Balaban J connectivity index is 1.09. The number of hydrogen-bond donors (Lipinski definition) is 1. The van der Waals surface area contributed by atoms with E-state index >= 15 is 0 Å². The van der Waals surface area contributed by atoms with Crippen LogP contribution in [0, 0.1) is 0 Å². The number of benzene rings is 7. The van der Waals surface area contributed by atoms with Crippen molar-refractivity contribution in [1.29, 1.82) is 0 Å². The van der Waals surface area contributed by atoms with Crippen molar-refractivity contribution in [3.63, 3.8) is 0 Å². The Kier molecular flexibility index (Phi) is 8.11. The van der Waals surface area contributed by atoms with Crippen LogP contribution in [0.5, 0.6) is 0 Å². The fraction of sp³-hybridized carbons (Fsp3) is 0.0204. The molecule has 7 aromatic carbocycles. The van der Waals surface area contributed by atoms with Crippen LogP contribution in [0.1, 0.15) is 22.9 Å². The van der Waals surface area contributed by atoms with Crippen molar-refractivity contribution in [2.45, 2.75) is 6.17 Å². The van der Waals surface area contributed by atoms with Crippen LogP contribution in [0.4, 0.5) is 0 Å². The van der Waals surface area contributed by atoms with E-state index in [4.69, 9.17) is 24.4 Å². The van der Waals surface area contributed by atoms with Crippen LogP contribution >= 0.6 is 0 Å². The first kappa shape index (κ1) is 32.2. The Labute approximate surface area is 318 Å². The summed E-state index contributed by atoms with van der Waals surface area (Å²) >= 11 is 0. The average Bonchev–Trinajstić information content (AvgIpc) is 3.65. The average molecular weight is 708 g/mol. The monoisotopic (exact) mass is 707 g/mol. The van der Waals surface area contributed by atoms with Crippen molar-refractivity contribution >= 4 is 33.3 Å². The molecule has 10 rings (SSSR count). The minimum Gasteiger partial charge on any atom is -0.456 e. The van der Waals surface area contributed by atoms with Crippen LogP contribution in [0.2, 0.25) is 0 Å². The van der Waals surface area contributed by atoms with Crippen molar-refractivity contribution in [1.82, 2.24) is 20.3 Å². The van der Waals surface area contributed by atoms with Gasteiger partial charge < -0.3 is 9.73 Å². The SMILES string of the molecule is C1=C(c2cccc(-c3nc(-c4ccccc4)nc(-c4ccccc4)n3)c2)NC(c2cccc(-c3ccccc3)c2)N=C1c1ccc2c(c1)oc1ccccc12. The highest BCUT2D eigenvalue weighted by atomic mass is 16.3. The molecule has 1 aliphatic rings. The third-order valence-electron chi connectivity index (χ3n) is 9.96. The summed E-state index contributed by atoms with van der Waals surface area (Å²) in [6.07, 6.45) is 1.78. The molecule has 0 amide bonds. The van der Waals surface area contributed by atoms with E-state index in [-0.39, 0.29) is 6.17 Å². The predicted molar refractivity (Wildman–Crippen MR) is 222 cm³/mol. The van der Waals surface area contributed by atoms with Gasteiger partial charge in [-0.15, -0.1) is 0 Å². The van der Waals surface area contributed by atoms with Crippen molar-refractivity contribution in [2.24, 2.45) is 4.99 Å². The molecular formula is C49H33N5O. The molecule has 2 aromatic heterocycles. The summed E-state index contributed by atoms with van der Waals surface area (Å²) < 4.78 is 6.31. The molecule has 0 saturated carbocycles. The third kappa shape index (κ3) is 6.36. The zero-order valence-corrected chi connectivity index (χ0v) is 29.7. The van der Waals surface area contributed by atoms with Gasteiger partial charge in [0, 0.05) is 38.7 Å². The van der Waals surface area contributed by atoms with E-state index in [0.29, 0.717) is 17.5 Å². The fourth-order valence-corrected chi connectivity index (χ4v) is 7.18. The molecule has 0 bridgehead atoms. The molecule has 1 atom stereocenters. The number of nitrogens with one attached hydrogen (secondary N) is 1. The summed E-state index contributed by atoms with van der Waals surface area (Å²) in [5.74, 6) is 1.85. The summed E-state index contributed by atoms with van der Waals surface area (Å²) in [6, 6.07) is 62.0. The Bertz CT molecular complexity index is 2840. The first-order chi connectivity index (χ1) is 27.2. The van der Waals surface area contributed by atoms with Gasteiger partial charge in [0.25, 0.3) is 0 Å². The smallest absolute Gasteiger partial charge is 0.164 e. The van der Waals surface area contributed by atoms with Crippen LogP contribution in [0.25, 0.3) is 72.9 Å². The van der Waals surface area contributed by atoms with Gasteiger partial charge in [-0.25, -0.2) is 15.0 Å². The number of fused-ring (bicyclic) bond motifs is 3. The second-order valence-corrected chi connectivity index (χ2v) is 13.5. The normalized spacial score (nSPS) is 14.0. The van der Waals surface area contributed by atoms with Gasteiger partial charge in [-0.3, -0.25) is 4.99 Å². The molecule has 0 spiro atoms. The maximum Gasteiger partial charge on any atom is 0.164 e. The first-order valence-electron chi connectivity index (χ1n) is 18.3. The molecule has 1 N–H and O–H groups in total. The number of para-hydroxylation sites is 1. The number of rotatable bonds is 7. The van der Waals surface area contributed by atoms with E-state index in [1.165, 1.54) is 0 Å². The second-order valence-electron chi connectivity index (χ2n) is 13.5. The number of nitrogens with zero attached hydrogens (tertiary/aromatic N) is 4. The van der Waals surface area contributed by atoms with Gasteiger partial charge in [0.1, 0.15) is 17.3 Å². The van der Waals surface area contributed by atoms with Gasteiger partial charge >= 0.3 is 0 Å². The van der Waals surface area contributed by atoms with Gasteiger partial charge in [0.15, 0.2) is 17.5 Å². The molecule has 6 heteroatoms. The molecule has 1 unspecified atom stereocenters. The summed E-state index contributed by atoms with van der Waals surface area (Å²) in [4.78, 5) is 20.2. The van der Waals surface area contributed by atoms with Crippen LogP contribution < -0.4 is 5.32 Å². The highest BCUT2D eigenvalue weighted by molar-refractivity contribution is 6.15. The Morgan fingerprint density at radius 3 is 1.69 bits per heavy atom. The molecule has 3 heterocycles. The van der Waals surface area contributed by atoms with Gasteiger partial charge in [-0.1, -0.05) is 152 Å². The number of hydrogen-bond acceptors (Lipinski definition) is 6. The number of aliphatic imine (C=N–C) groups is 1. The Hall–Kier alpha value is -7.44. The van der Waals surface area contributed by atoms with Crippen LogP contribution in [0.3, 0.4) is 0 Å². The third-order valence-corrected chi connectivity index (χ3v) is 9.96. The Morgan fingerprint density at radius 2 is 0.964 bits per heavy atom. The second kappa shape index (κ2) is 13.8. The topological polar surface area (TPSA) is 76.2 Å². The Morgan fingerprint density at radius 1 is 0.400 bits per heavy atom. The van der Waals surface area contributed by atoms with E-state index in [1.54, 1.807) is 0 Å². The molecule has 0 fully saturated rings. The van der Waals surface area contributed by atoms with Gasteiger partial charge in [-0.05, 0) is 58.7 Å². The lowest BCUT2D eigenvalue weighted by molar-refractivity contribution is 0.663. The highest BCUT2D eigenvalue weighted by Crippen LogP contribution is 2.34. The van der Waals surface area contributed by atoms with Crippen molar-refractivity contribution in [3.8, 4) is 45.3 Å². The fourth-order valence-electron chi connectivity index (χ4n) is 7.18. The van der Waals surface area contributed by atoms with E-state index < -0.39 is 0 Å². The van der Waals surface area contributed by atoms with Crippen molar-refractivity contribution in [2.75, 3.05) is 0 Å². The predicted octanol–water partition coefficient (Wildman–Crippen LogP) is 11.6. The van der Waals surface area contributed by atoms with E-state index in [2.05, 4.69) is 108 Å². The van der Waals surface area contributed by atoms with E-state index in [1.807, 2.05) is 84.9 Å². The van der Waals surface area contributed by atoms with Crippen LogP contribution in [-0.2, 0) is 0 Å². The lowest BCUT2D eigenvalue weighted by Gasteiger charge is -2.25. The van der Waals surface area contributed by atoms with Gasteiger partial charge in [0.2, 0.25) is 0 Å². The minimum atomic E-state index is -0.347. The van der Waals surface area contributed by atoms with E-state index in [0.717, 1.165) is 77.9 Å².